The maximum atomic E-state index is 13.4. The summed E-state index contributed by atoms with van der Waals surface area (Å²) in [5, 5.41) is 7.37. The molecule has 0 saturated heterocycles. The normalized spacial score (nSPS) is 16.0. The van der Waals surface area contributed by atoms with Crippen LogP contribution in [-0.2, 0) is 19.6 Å². The fourth-order valence-corrected chi connectivity index (χ4v) is 6.98. The van der Waals surface area contributed by atoms with Crippen molar-refractivity contribution >= 4 is 39.0 Å². The zero-order valence-corrected chi connectivity index (χ0v) is 24.7. The molecule has 0 radical (unpaired) electrons. The second kappa shape index (κ2) is 14.7. The van der Waals surface area contributed by atoms with E-state index in [-0.39, 0.29) is 24.0 Å². The predicted octanol–water partition coefficient (Wildman–Crippen LogP) is 4.09. The van der Waals surface area contributed by atoms with Gasteiger partial charge in [0.1, 0.15) is 6.04 Å². The quantitative estimate of drug-likeness (QED) is 0.349. The molecule has 2 aromatic heterocycles. The molecular formula is C28H40N4O5S2. The van der Waals surface area contributed by atoms with Gasteiger partial charge in [0.05, 0.1) is 17.5 Å². The molecule has 2 atom stereocenters. The average Bonchev–Trinajstić information content (AvgIpc) is 3.37. The second-order valence-electron chi connectivity index (χ2n) is 10.3. The minimum absolute atomic E-state index is 0.121. The van der Waals surface area contributed by atoms with Crippen molar-refractivity contribution in [1.82, 2.24) is 19.9 Å². The number of amides is 2. The van der Waals surface area contributed by atoms with Crippen molar-refractivity contribution in [3.63, 3.8) is 0 Å². The first-order valence-corrected chi connectivity index (χ1v) is 16.0. The smallest absolute Gasteiger partial charge is 0.262 e. The van der Waals surface area contributed by atoms with Crippen LogP contribution in [-0.4, -0.2) is 60.5 Å². The molecule has 1 aliphatic carbocycles. The molecule has 39 heavy (non-hydrogen) atoms. The lowest BCUT2D eigenvalue weighted by molar-refractivity contribution is -0.128. The molecule has 9 nitrogen and oxygen atoms in total. The first kappa shape index (κ1) is 30.9. The summed E-state index contributed by atoms with van der Waals surface area (Å²) < 4.78 is 27.5. The van der Waals surface area contributed by atoms with Gasteiger partial charge in [-0.2, -0.15) is 4.31 Å². The number of sulfonamides is 1. The SMILES string of the molecule is CCCCN(CC(=O)C(C)NC(=O)[C@H](CC1CCCCC1)NC(=O)c1sccc1C)S(=O)(=O)c1ccccn1. The van der Waals surface area contributed by atoms with E-state index in [9.17, 15) is 22.8 Å². The molecule has 0 spiro atoms. The topological polar surface area (TPSA) is 126 Å². The summed E-state index contributed by atoms with van der Waals surface area (Å²) in [7, 11) is -3.98. The Bertz CT molecular complexity index is 1210. The number of nitrogens with one attached hydrogen (secondary N) is 2. The first-order chi connectivity index (χ1) is 18.6. The van der Waals surface area contributed by atoms with Crippen molar-refractivity contribution in [2.45, 2.75) is 89.2 Å². The van der Waals surface area contributed by atoms with Crippen LogP contribution < -0.4 is 10.6 Å². The van der Waals surface area contributed by atoms with E-state index in [0.29, 0.717) is 23.6 Å². The van der Waals surface area contributed by atoms with Crippen molar-refractivity contribution in [3.05, 3.63) is 46.3 Å². The van der Waals surface area contributed by atoms with Crippen LogP contribution in [0, 0.1) is 12.8 Å². The number of hydrogen-bond acceptors (Lipinski definition) is 7. The monoisotopic (exact) mass is 576 g/mol. The number of ketones is 1. The molecule has 0 aliphatic heterocycles. The van der Waals surface area contributed by atoms with Gasteiger partial charge >= 0.3 is 0 Å². The number of rotatable bonds is 14. The van der Waals surface area contributed by atoms with Crippen LogP contribution in [0.2, 0.25) is 0 Å². The lowest BCUT2D eigenvalue weighted by Crippen LogP contribution is -2.53. The van der Waals surface area contributed by atoms with Gasteiger partial charge in [-0.3, -0.25) is 14.4 Å². The Morgan fingerprint density at radius 2 is 1.87 bits per heavy atom. The highest BCUT2D eigenvalue weighted by atomic mass is 32.2. The van der Waals surface area contributed by atoms with Gasteiger partial charge in [-0.1, -0.05) is 51.5 Å². The van der Waals surface area contributed by atoms with E-state index in [1.54, 1.807) is 19.1 Å². The summed E-state index contributed by atoms with van der Waals surface area (Å²) in [4.78, 5) is 44.0. The Morgan fingerprint density at radius 3 is 2.49 bits per heavy atom. The van der Waals surface area contributed by atoms with Crippen molar-refractivity contribution in [2.24, 2.45) is 5.92 Å². The van der Waals surface area contributed by atoms with Gasteiger partial charge in [-0.15, -0.1) is 11.3 Å². The summed E-state index contributed by atoms with van der Waals surface area (Å²) >= 11 is 1.32. The Balaban J connectivity index is 1.70. The van der Waals surface area contributed by atoms with Crippen LogP contribution in [0.15, 0.2) is 40.9 Å². The maximum Gasteiger partial charge on any atom is 0.262 e. The van der Waals surface area contributed by atoms with Gasteiger partial charge in [0.15, 0.2) is 10.8 Å². The highest BCUT2D eigenvalue weighted by molar-refractivity contribution is 7.89. The van der Waals surface area contributed by atoms with Crippen LogP contribution >= 0.6 is 11.3 Å². The summed E-state index contributed by atoms with van der Waals surface area (Å²) in [5.74, 6) is -0.851. The van der Waals surface area contributed by atoms with E-state index >= 15 is 0 Å². The molecule has 11 heteroatoms. The molecule has 2 aromatic rings. The Labute approximate surface area is 235 Å². The minimum Gasteiger partial charge on any atom is -0.345 e. The number of thiophene rings is 1. The molecule has 1 saturated carbocycles. The van der Waals surface area contributed by atoms with Crippen LogP contribution in [0.5, 0.6) is 0 Å². The number of nitrogens with zero attached hydrogens (tertiary/aromatic N) is 2. The van der Waals surface area contributed by atoms with Gasteiger partial charge < -0.3 is 10.6 Å². The average molecular weight is 577 g/mol. The molecule has 2 N–H and O–H groups in total. The Kier molecular flexibility index (Phi) is 11.6. The van der Waals surface area contributed by atoms with Crippen molar-refractivity contribution in [3.8, 4) is 0 Å². The third-order valence-corrected chi connectivity index (χ3v) is 9.94. The Morgan fingerprint density at radius 1 is 1.13 bits per heavy atom. The van der Waals surface area contributed by atoms with E-state index in [1.807, 2.05) is 25.3 Å². The number of Topliss-reactive ketones (excluding diaryl/α,β-unsaturated/α-hetero) is 1. The van der Waals surface area contributed by atoms with Gasteiger partial charge in [-0.25, -0.2) is 13.4 Å². The van der Waals surface area contributed by atoms with Gasteiger partial charge in [0.25, 0.3) is 15.9 Å². The summed E-state index contributed by atoms with van der Waals surface area (Å²) in [6.07, 6.45) is 8.62. The van der Waals surface area contributed by atoms with Crippen LogP contribution in [0.3, 0.4) is 0 Å². The largest absolute Gasteiger partial charge is 0.345 e. The van der Waals surface area contributed by atoms with Gasteiger partial charge in [-0.05, 0) is 61.7 Å². The number of carbonyl (C=O) groups excluding carboxylic acids is 3. The highest BCUT2D eigenvalue weighted by Gasteiger charge is 2.32. The van der Waals surface area contributed by atoms with Crippen molar-refractivity contribution in [1.29, 1.82) is 0 Å². The zero-order chi connectivity index (χ0) is 28.4. The van der Waals surface area contributed by atoms with E-state index in [4.69, 9.17) is 0 Å². The lowest BCUT2D eigenvalue weighted by Gasteiger charge is -2.28. The van der Waals surface area contributed by atoms with Crippen LogP contribution in [0.1, 0.15) is 80.4 Å². The minimum atomic E-state index is -3.98. The van der Waals surface area contributed by atoms with Crippen molar-refractivity contribution in [2.75, 3.05) is 13.1 Å². The number of hydrogen-bond donors (Lipinski definition) is 2. The number of aryl methyl sites for hydroxylation is 1. The first-order valence-electron chi connectivity index (χ1n) is 13.7. The fourth-order valence-electron chi connectivity index (χ4n) is 4.77. The third-order valence-electron chi connectivity index (χ3n) is 7.16. The third kappa shape index (κ3) is 8.68. The molecule has 0 aromatic carbocycles. The van der Waals surface area contributed by atoms with E-state index in [0.717, 1.165) is 42.0 Å². The number of carbonyl (C=O) groups is 3. The molecule has 1 aliphatic rings. The molecule has 1 unspecified atom stereocenters. The van der Waals surface area contributed by atoms with E-state index in [2.05, 4.69) is 15.6 Å². The molecular weight excluding hydrogens is 536 g/mol. The lowest BCUT2D eigenvalue weighted by atomic mass is 9.84. The molecule has 1 fully saturated rings. The molecule has 2 amide bonds. The molecule has 214 valence electrons. The predicted molar refractivity (Wildman–Crippen MR) is 152 cm³/mol. The summed E-state index contributed by atoms with van der Waals surface area (Å²) in [6, 6.07) is 4.75. The van der Waals surface area contributed by atoms with Gasteiger partial charge in [0.2, 0.25) is 5.91 Å². The second-order valence-corrected chi connectivity index (χ2v) is 13.1. The number of pyridine rings is 1. The Hall–Kier alpha value is -2.63. The zero-order valence-electron chi connectivity index (χ0n) is 23.0. The number of unbranched alkanes of at least 4 members (excludes halogenated alkanes) is 1. The van der Waals surface area contributed by atoms with Crippen LogP contribution in [0.25, 0.3) is 0 Å². The number of aromatic nitrogens is 1. The van der Waals surface area contributed by atoms with Crippen LogP contribution in [0.4, 0.5) is 0 Å². The maximum absolute atomic E-state index is 13.4. The summed E-state index contributed by atoms with van der Waals surface area (Å²) in [6.45, 7) is 5.13. The van der Waals surface area contributed by atoms with Gasteiger partial charge in [0, 0.05) is 12.7 Å². The molecule has 2 heterocycles. The standard InChI is InChI=1S/C28H40N4O5S2/c1-4-5-16-32(39(36,37)25-13-9-10-15-29-25)19-24(33)21(3)30-27(34)23(18-22-11-7-6-8-12-22)31-28(35)26-20(2)14-17-38-26/h9-10,13-15,17,21-23H,4-8,11-12,16,18-19H2,1-3H3,(H,30,34)(H,31,35)/t21?,23-/m0/s1. The van der Waals surface area contributed by atoms with E-state index in [1.165, 1.54) is 30.0 Å². The molecule has 3 rings (SSSR count). The highest BCUT2D eigenvalue weighted by Crippen LogP contribution is 2.28. The van der Waals surface area contributed by atoms with Crippen molar-refractivity contribution < 1.29 is 22.8 Å². The van der Waals surface area contributed by atoms with E-state index < -0.39 is 33.8 Å². The summed E-state index contributed by atoms with van der Waals surface area (Å²) in [5.41, 5.74) is 0.846. The fraction of sp³-hybridized carbons (Fsp3) is 0.571. The molecule has 0 bridgehead atoms.